The van der Waals surface area contributed by atoms with Crippen LogP contribution in [0.2, 0.25) is 0 Å². The van der Waals surface area contributed by atoms with Gasteiger partial charge < -0.3 is 23.7 Å². The maximum atomic E-state index is 13.1. The van der Waals surface area contributed by atoms with Crippen LogP contribution >= 0.6 is 0 Å². The smallest absolute Gasteiger partial charge is 0.330 e. The zero-order valence-corrected chi connectivity index (χ0v) is 24.9. The number of hydrogen-bond acceptors (Lipinski definition) is 10. The summed E-state index contributed by atoms with van der Waals surface area (Å²) in [5.74, 6) is -0.642. The lowest BCUT2D eigenvalue weighted by Crippen LogP contribution is -2.30. The van der Waals surface area contributed by atoms with E-state index in [9.17, 15) is 24.0 Å². The Bertz CT molecular complexity index is 1500. The van der Waals surface area contributed by atoms with E-state index in [4.69, 9.17) is 23.7 Å². The Hall–Kier alpha value is -4.99. The standard InChI is InChI=1S/C35H36O10/c1-2-32(38)42-20-8-4-3-7-19-41-27-15-17-28(18-16-27)44-34(39)24-11-13-25(14-12-24)35(40)45-33-26(22-36)21-31(43-23-37)29-9-5-6-10-30(29)33/h2,5-6,9-10,15-18,21-25H,1,3-4,7-8,11-14,19-20H2/t24-,25-. The zero-order valence-electron chi connectivity index (χ0n) is 24.9. The number of aldehydes is 1. The van der Waals surface area contributed by atoms with E-state index in [1.807, 2.05) is 0 Å². The van der Waals surface area contributed by atoms with Gasteiger partial charge in [-0.3, -0.25) is 19.2 Å². The molecule has 45 heavy (non-hydrogen) atoms. The summed E-state index contributed by atoms with van der Waals surface area (Å²) in [7, 11) is 0. The van der Waals surface area contributed by atoms with Crippen molar-refractivity contribution in [1.29, 1.82) is 0 Å². The minimum Gasteiger partial charge on any atom is -0.494 e. The number of fused-ring (bicyclic) bond motifs is 1. The summed E-state index contributed by atoms with van der Waals surface area (Å²) >= 11 is 0. The van der Waals surface area contributed by atoms with Crippen molar-refractivity contribution in [3.63, 3.8) is 0 Å². The Morgan fingerprint density at radius 1 is 0.756 bits per heavy atom. The number of ether oxygens (including phenoxy) is 5. The quantitative estimate of drug-likeness (QED) is 0.0605. The Morgan fingerprint density at radius 2 is 1.36 bits per heavy atom. The minimum atomic E-state index is -0.483. The van der Waals surface area contributed by atoms with Gasteiger partial charge in [-0.1, -0.05) is 30.8 Å². The van der Waals surface area contributed by atoms with E-state index in [1.165, 1.54) is 6.07 Å². The van der Waals surface area contributed by atoms with Gasteiger partial charge in [0.1, 0.15) is 23.0 Å². The Balaban J connectivity index is 1.21. The van der Waals surface area contributed by atoms with E-state index >= 15 is 0 Å². The number of carbonyl (C=O) groups is 5. The third kappa shape index (κ3) is 9.25. The maximum Gasteiger partial charge on any atom is 0.330 e. The van der Waals surface area contributed by atoms with Gasteiger partial charge in [0.25, 0.3) is 6.47 Å². The maximum absolute atomic E-state index is 13.1. The fourth-order valence-corrected chi connectivity index (χ4v) is 5.22. The molecule has 1 saturated carbocycles. The van der Waals surface area contributed by atoms with Crippen molar-refractivity contribution in [2.75, 3.05) is 13.2 Å². The number of benzene rings is 3. The van der Waals surface area contributed by atoms with Crippen molar-refractivity contribution in [2.45, 2.75) is 51.4 Å². The second-order valence-electron chi connectivity index (χ2n) is 10.7. The molecule has 0 heterocycles. The molecule has 1 fully saturated rings. The number of rotatable bonds is 16. The highest BCUT2D eigenvalue weighted by atomic mass is 16.5. The minimum absolute atomic E-state index is 0.0910. The molecule has 0 aromatic heterocycles. The molecular formula is C35H36O10. The number of hydrogen-bond donors (Lipinski definition) is 0. The molecule has 0 aliphatic heterocycles. The monoisotopic (exact) mass is 616 g/mol. The van der Waals surface area contributed by atoms with Crippen LogP contribution in [0, 0.1) is 11.8 Å². The Labute approximate surface area is 261 Å². The summed E-state index contributed by atoms with van der Waals surface area (Å²) in [5, 5.41) is 1.00. The van der Waals surface area contributed by atoms with Crippen LogP contribution in [0.3, 0.4) is 0 Å². The Morgan fingerprint density at radius 3 is 1.98 bits per heavy atom. The third-order valence-corrected chi connectivity index (χ3v) is 7.65. The molecule has 0 N–H and O–H groups in total. The van der Waals surface area contributed by atoms with Gasteiger partial charge in [0, 0.05) is 16.8 Å². The molecule has 0 unspecified atom stereocenters. The molecule has 3 aromatic rings. The van der Waals surface area contributed by atoms with Crippen LogP contribution in [0.1, 0.15) is 61.7 Å². The SMILES string of the molecule is C=CC(=O)OCCCCCCOc1ccc(OC(=O)[C@H]2CC[C@H](C(=O)Oc3c(C=O)cc(OC=O)c4ccccc34)CC2)cc1. The molecular weight excluding hydrogens is 580 g/mol. The first-order valence-electron chi connectivity index (χ1n) is 15.0. The molecule has 10 nitrogen and oxygen atoms in total. The summed E-state index contributed by atoms with van der Waals surface area (Å²) in [4.78, 5) is 59.6. The summed E-state index contributed by atoms with van der Waals surface area (Å²) < 4.78 is 27.0. The van der Waals surface area contributed by atoms with Crippen molar-refractivity contribution >= 4 is 41.4 Å². The van der Waals surface area contributed by atoms with Crippen LogP contribution in [-0.4, -0.2) is 43.9 Å². The van der Waals surface area contributed by atoms with E-state index < -0.39 is 17.9 Å². The summed E-state index contributed by atoms with van der Waals surface area (Å²) in [6.45, 7) is 4.56. The second-order valence-corrected chi connectivity index (χ2v) is 10.7. The third-order valence-electron chi connectivity index (χ3n) is 7.65. The average molecular weight is 617 g/mol. The van der Waals surface area contributed by atoms with Gasteiger partial charge in [-0.25, -0.2) is 4.79 Å². The molecule has 0 saturated heterocycles. The van der Waals surface area contributed by atoms with Gasteiger partial charge >= 0.3 is 17.9 Å². The second kappa shape index (κ2) is 16.7. The molecule has 3 aromatic carbocycles. The first-order valence-corrected chi connectivity index (χ1v) is 15.0. The summed E-state index contributed by atoms with van der Waals surface area (Å²) in [6, 6.07) is 15.1. The molecule has 10 heteroatoms. The van der Waals surface area contributed by atoms with Gasteiger partial charge in [-0.05, 0) is 81.7 Å². The molecule has 1 aliphatic rings. The molecule has 0 atom stereocenters. The molecule has 1 aliphatic carbocycles. The normalized spacial score (nSPS) is 15.8. The Kier molecular flexibility index (Phi) is 12.2. The number of carbonyl (C=O) groups excluding carboxylic acids is 5. The topological polar surface area (TPSA) is 132 Å². The largest absolute Gasteiger partial charge is 0.494 e. The summed E-state index contributed by atoms with van der Waals surface area (Å²) in [5.41, 5.74) is 0.0910. The van der Waals surface area contributed by atoms with Gasteiger partial charge in [-0.15, -0.1) is 0 Å². The molecule has 0 bridgehead atoms. The fourth-order valence-electron chi connectivity index (χ4n) is 5.22. The number of unbranched alkanes of at least 4 members (excludes halogenated alkanes) is 3. The van der Waals surface area contributed by atoms with Crippen molar-refractivity contribution in [2.24, 2.45) is 11.8 Å². The van der Waals surface area contributed by atoms with Crippen LogP contribution in [0.15, 0.2) is 67.3 Å². The highest BCUT2D eigenvalue weighted by molar-refractivity contribution is 6.01. The van der Waals surface area contributed by atoms with Crippen molar-refractivity contribution < 1.29 is 47.7 Å². The van der Waals surface area contributed by atoms with Crippen molar-refractivity contribution in [1.82, 2.24) is 0 Å². The highest BCUT2D eigenvalue weighted by Crippen LogP contribution is 2.38. The lowest BCUT2D eigenvalue weighted by molar-refractivity contribution is -0.145. The van der Waals surface area contributed by atoms with Crippen LogP contribution in [0.25, 0.3) is 10.8 Å². The predicted molar refractivity (Wildman–Crippen MR) is 164 cm³/mol. The fraction of sp³-hybridized carbons (Fsp3) is 0.343. The van der Waals surface area contributed by atoms with Gasteiger partial charge in [-0.2, -0.15) is 0 Å². The van der Waals surface area contributed by atoms with Gasteiger partial charge in [0.2, 0.25) is 0 Å². The van der Waals surface area contributed by atoms with Crippen molar-refractivity contribution in [3.05, 3.63) is 72.8 Å². The molecule has 4 rings (SSSR count). The lowest BCUT2D eigenvalue weighted by atomic mass is 9.82. The molecule has 0 amide bonds. The molecule has 236 valence electrons. The van der Waals surface area contributed by atoms with Crippen LogP contribution in [-0.2, 0) is 23.9 Å². The first kappa shape index (κ1) is 32.9. The van der Waals surface area contributed by atoms with Crippen LogP contribution in [0.5, 0.6) is 23.0 Å². The van der Waals surface area contributed by atoms with E-state index in [2.05, 4.69) is 6.58 Å². The van der Waals surface area contributed by atoms with E-state index in [0.717, 1.165) is 31.8 Å². The zero-order chi connectivity index (χ0) is 32.0. The molecule has 0 spiro atoms. The van der Waals surface area contributed by atoms with Crippen LogP contribution in [0.4, 0.5) is 0 Å². The summed E-state index contributed by atoms with van der Waals surface area (Å²) in [6.07, 6.45) is 7.03. The van der Waals surface area contributed by atoms with Crippen molar-refractivity contribution in [3.8, 4) is 23.0 Å². The van der Waals surface area contributed by atoms with Crippen LogP contribution < -0.4 is 18.9 Å². The average Bonchev–Trinajstić information content (AvgIpc) is 3.07. The molecule has 0 radical (unpaired) electrons. The van der Waals surface area contributed by atoms with E-state index in [0.29, 0.717) is 67.5 Å². The van der Waals surface area contributed by atoms with E-state index in [-0.39, 0.29) is 35.4 Å². The first-order chi connectivity index (χ1) is 21.9. The lowest BCUT2D eigenvalue weighted by Gasteiger charge is -2.26. The number of esters is 3. The van der Waals surface area contributed by atoms with Gasteiger partial charge in [0.15, 0.2) is 6.29 Å². The van der Waals surface area contributed by atoms with E-state index in [1.54, 1.807) is 48.5 Å². The highest BCUT2D eigenvalue weighted by Gasteiger charge is 2.33. The van der Waals surface area contributed by atoms with Gasteiger partial charge in [0.05, 0.1) is 30.6 Å². The predicted octanol–water partition coefficient (Wildman–Crippen LogP) is 6.17.